The maximum atomic E-state index is 12.8. The molecule has 0 fully saturated rings. The van der Waals surface area contributed by atoms with Crippen molar-refractivity contribution in [1.29, 1.82) is 0 Å². The molecule has 8 nitrogen and oxygen atoms in total. The Morgan fingerprint density at radius 3 is 2.00 bits per heavy atom. The Morgan fingerprint density at radius 2 is 1.36 bits per heavy atom. The number of hydrogen-bond acceptors (Lipinski definition) is 5. The summed E-state index contributed by atoms with van der Waals surface area (Å²) in [6, 6.07) is 30.3. The zero-order chi connectivity index (χ0) is 27.7. The summed E-state index contributed by atoms with van der Waals surface area (Å²) < 4.78 is 28.2. The quantitative estimate of drug-likeness (QED) is 0.174. The van der Waals surface area contributed by atoms with Gasteiger partial charge in [0.05, 0.1) is 10.6 Å². The molecule has 0 atom stereocenters. The average Bonchev–Trinajstić information content (AvgIpc) is 2.94. The van der Waals surface area contributed by atoms with Crippen LogP contribution in [0.2, 0.25) is 0 Å². The van der Waals surface area contributed by atoms with Gasteiger partial charge in [-0.3, -0.25) is 14.8 Å². The van der Waals surface area contributed by atoms with E-state index in [0.717, 1.165) is 21.6 Å². The summed E-state index contributed by atoms with van der Waals surface area (Å²) in [7, 11) is -3.73. The SMILES string of the molecule is O=C(O)Nc1ccc(SCC(=O)NCCc2ccc(NS(=O)(=O)c3ccc(-c4ccccc4)cc3)cc2)cc1. The van der Waals surface area contributed by atoms with Gasteiger partial charge in [-0.25, -0.2) is 13.2 Å². The molecule has 0 aliphatic rings. The van der Waals surface area contributed by atoms with E-state index in [1.807, 2.05) is 42.5 Å². The minimum Gasteiger partial charge on any atom is -0.465 e. The molecule has 0 saturated carbocycles. The standard InChI is InChI=1S/C29H27N3O5S2/c33-28(20-38-26-14-12-24(13-15-26)31-29(34)35)30-19-18-21-6-10-25(11-7-21)32-39(36,37)27-16-8-23(9-17-27)22-4-2-1-3-5-22/h1-17,31-32H,18-20H2,(H,30,33)(H,34,35). The highest BCUT2D eigenvalue weighted by Crippen LogP contribution is 2.23. The monoisotopic (exact) mass is 561 g/mol. The van der Waals surface area contributed by atoms with Crippen LogP contribution in [0.1, 0.15) is 5.56 Å². The van der Waals surface area contributed by atoms with Crippen LogP contribution >= 0.6 is 11.8 Å². The van der Waals surface area contributed by atoms with Crippen molar-refractivity contribution in [1.82, 2.24) is 5.32 Å². The third kappa shape index (κ3) is 8.36. The molecule has 0 radical (unpaired) electrons. The summed E-state index contributed by atoms with van der Waals surface area (Å²) in [5.74, 6) is 0.120. The number of nitrogens with one attached hydrogen (secondary N) is 3. The molecule has 4 N–H and O–H groups in total. The van der Waals surface area contributed by atoms with Crippen LogP contribution in [0.25, 0.3) is 11.1 Å². The second-order valence-corrected chi connectivity index (χ2v) is 11.3. The molecule has 200 valence electrons. The van der Waals surface area contributed by atoms with Crippen LogP contribution in [0.3, 0.4) is 0 Å². The predicted molar refractivity (Wildman–Crippen MR) is 155 cm³/mol. The molecular weight excluding hydrogens is 534 g/mol. The third-order valence-electron chi connectivity index (χ3n) is 5.69. The maximum Gasteiger partial charge on any atom is 0.409 e. The lowest BCUT2D eigenvalue weighted by molar-refractivity contribution is -0.118. The van der Waals surface area contributed by atoms with E-state index >= 15 is 0 Å². The Hall–Kier alpha value is -4.28. The van der Waals surface area contributed by atoms with Crippen LogP contribution in [-0.4, -0.2) is 37.8 Å². The molecule has 0 aliphatic carbocycles. The molecule has 0 saturated heterocycles. The highest BCUT2D eigenvalue weighted by atomic mass is 32.2. The van der Waals surface area contributed by atoms with Crippen LogP contribution < -0.4 is 15.4 Å². The summed E-state index contributed by atoms with van der Waals surface area (Å²) in [6.07, 6.45) is -0.532. The lowest BCUT2D eigenvalue weighted by atomic mass is 10.1. The number of thioether (sulfide) groups is 1. The van der Waals surface area contributed by atoms with Crippen LogP contribution in [0.15, 0.2) is 113 Å². The highest BCUT2D eigenvalue weighted by Gasteiger charge is 2.14. The van der Waals surface area contributed by atoms with Gasteiger partial charge < -0.3 is 10.4 Å². The van der Waals surface area contributed by atoms with E-state index in [4.69, 9.17) is 5.11 Å². The molecule has 2 amide bonds. The van der Waals surface area contributed by atoms with Crippen molar-refractivity contribution < 1.29 is 23.1 Å². The molecule has 0 aromatic heterocycles. The van der Waals surface area contributed by atoms with Crippen molar-refractivity contribution in [2.75, 3.05) is 22.3 Å². The van der Waals surface area contributed by atoms with Gasteiger partial charge in [-0.1, -0.05) is 54.6 Å². The highest BCUT2D eigenvalue weighted by molar-refractivity contribution is 8.00. The molecule has 0 spiro atoms. The van der Waals surface area contributed by atoms with E-state index in [1.54, 1.807) is 60.7 Å². The van der Waals surface area contributed by atoms with Crippen molar-refractivity contribution in [3.8, 4) is 11.1 Å². The average molecular weight is 562 g/mol. The van der Waals surface area contributed by atoms with Gasteiger partial charge in [0.2, 0.25) is 5.91 Å². The first-order valence-corrected chi connectivity index (χ1v) is 14.5. The fourth-order valence-electron chi connectivity index (χ4n) is 3.71. The fourth-order valence-corrected chi connectivity index (χ4v) is 5.50. The van der Waals surface area contributed by atoms with Gasteiger partial charge in [0.1, 0.15) is 0 Å². The predicted octanol–water partition coefficient (Wildman–Crippen LogP) is 5.70. The van der Waals surface area contributed by atoms with Crippen molar-refractivity contribution >= 4 is 45.2 Å². The normalized spacial score (nSPS) is 11.0. The number of carbonyl (C=O) groups is 2. The number of rotatable bonds is 11. The molecule has 39 heavy (non-hydrogen) atoms. The number of anilines is 2. The Morgan fingerprint density at radius 1 is 0.744 bits per heavy atom. The first-order chi connectivity index (χ1) is 18.8. The van der Waals surface area contributed by atoms with E-state index < -0.39 is 16.1 Å². The Bertz CT molecular complexity index is 1510. The van der Waals surface area contributed by atoms with E-state index in [2.05, 4.69) is 15.4 Å². The van der Waals surface area contributed by atoms with Gasteiger partial charge >= 0.3 is 6.09 Å². The summed E-state index contributed by atoms with van der Waals surface area (Å²) in [4.78, 5) is 23.8. The first kappa shape index (κ1) is 27.7. The summed E-state index contributed by atoms with van der Waals surface area (Å²) >= 11 is 1.35. The lowest BCUT2D eigenvalue weighted by Gasteiger charge is -2.10. The maximum absolute atomic E-state index is 12.8. The van der Waals surface area contributed by atoms with Crippen LogP contribution in [-0.2, 0) is 21.2 Å². The summed E-state index contributed by atoms with van der Waals surface area (Å²) in [6.45, 7) is 0.444. The van der Waals surface area contributed by atoms with E-state index in [1.165, 1.54) is 11.8 Å². The third-order valence-corrected chi connectivity index (χ3v) is 8.10. The molecule has 0 bridgehead atoms. The van der Waals surface area contributed by atoms with Crippen LogP contribution in [0, 0.1) is 0 Å². The second-order valence-electron chi connectivity index (χ2n) is 8.54. The largest absolute Gasteiger partial charge is 0.465 e. The first-order valence-electron chi connectivity index (χ1n) is 12.1. The van der Waals surface area contributed by atoms with Gasteiger partial charge in [-0.2, -0.15) is 0 Å². The molecular formula is C29H27N3O5S2. The Balaban J connectivity index is 1.22. The number of hydrogen-bond donors (Lipinski definition) is 4. The molecule has 0 heterocycles. The van der Waals surface area contributed by atoms with Crippen molar-refractivity contribution in [3.63, 3.8) is 0 Å². The minimum absolute atomic E-state index is 0.115. The topological polar surface area (TPSA) is 125 Å². The smallest absolute Gasteiger partial charge is 0.409 e. The number of carbonyl (C=O) groups excluding carboxylic acids is 1. The van der Waals surface area contributed by atoms with Crippen molar-refractivity contribution in [2.24, 2.45) is 0 Å². The zero-order valence-corrected chi connectivity index (χ0v) is 22.5. The Kier molecular flexibility index (Phi) is 9.24. The van der Waals surface area contributed by atoms with Crippen molar-refractivity contribution in [3.05, 3.63) is 109 Å². The molecule has 0 unspecified atom stereocenters. The van der Waals surface area contributed by atoms with E-state index in [0.29, 0.717) is 24.3 Å². The lowest BCUT2D eigenvalue weighted by Crippen LogP contribution is -2.27. The minimum atomic E-state index is -3.73. The molecule has 10 heteroatoms. The number of carboxylic acid groups (broad SMARTS) is 1. The summed E-state index contributed by atoms with van der Waals surface area (Å²) in [5.41, 5.74) is 3.83. The van der Waals surface area contributed by atoms with Crippen LogP contribution in [0.4, 0.5) is 16.2 Å². The van der Waals surface area contributed by atoms with Crippen LogP contribution in [0.5, 0.6) is 0 Å². The summed E-state index contributed by atoms with van der Waals surface area (Å²) in [5, 5.41) is 13.9. The van der Waals surface area contributed by atoms with E-state index in [9.17, 15) is 18.0 Å². The molecule has 4 rings (SSSR count). The van der Waals surface area contributed by atoms with Gasteiger partial charge in [0.15, 0.2) is 0 Å². The number of amides is 2. The Labute approximate surface area is 231 Å². The molecule has 4 aromatic carbocycles. The number of benzene rings is 4. The number of sulfonamides is 1. The van der Waals surface area contributed by atoms with Gasteiger partial charge in [-0.15, -0.1) is 11.8 Å². The van der Waals surface area contributed by atoms with Gasteiger partial charge in [0.25, 0.3) is 10.0 Å². The van der Waals surface area contributed by atoms with Gasteiger partial charge in [0, 0.05) is 22.8 Å². The van der Waals surface area contributed by atoms with Gasteiger partial charge in [-0.05, 0) is 71.6 Å². The second kappa shape index (κ2) is 13.0. The molecule has 0 aliphatic heterocycles. The molecule has 4 aromatic rings. The fraction of sp³-hybridized carbons (Fsp3) is 0.103. The van der Waals surface area contributed by atoms with E-state index in [-0.39, 0.29) is 16.6 Å². The van der Waals surface area contributed by atoms with Crippen molar-refractivity contribution in [2.45, 2.75) is 16.2 Å². The zero-order valence-electron chi connectivity index (χ0n) is 20.8.